The summed E-state index contributed by atoms with van der Waals surface area (Å²) < 4.78 is 69.5. The fraction of sp³-hybridized carbons (Fsp3) is 0.211. The highest BCUT2D eigenvalue weighted by molar-refractivity contribution is 7.89. The summed E-state index contributed by atoms with van der Waals surface area (Å²) in [6.45, 7) is 3.58. The first-order valence-electron chi connectivity index (χ1n) is 8.37. The van der Waals surface area contributed by atoms with Crippen LogP contribution < -0.4 is 9.88 Å². The van der Waals surface area contributed by atoms with E-state index in [2.05, 4.69) is 4.98 Å². The fourth-order valence-corrected chi connectivity index (χ4v) is 3.61. The fourth-order valence-electron chi connectivity index (χ4n) is 3.10. The van der Waals surface area contributed by atoms with Gasteiger partial charge in [-0.2, -0.15) is 13.2 Å². The minimum absolute atomic E-state index is 0.0160. The van der Waals surface area contributed by atoms with E-state index >= 15 is 0 Å². The van der Waals surface area contributed by atoms with Gasteiger partial charge in [0, 0.05) is 17.4 Å². The Bertz CT molecular complexity index is 1140. The first-order chi connectivity index (χ1) is 13.4. The number of aromatic nitrogens is 2. The van der Waals surface area contributed by atoms with Gasteiger partial charge >= 0.3 is 6.18 Å². The van der Waals surface area contributed by atoms with Gasteiger partial charge in [0.05, 0.1) is 12.0 Å². The van der Waals surface area contributed by atoms with E-state index in [0.717, 1.165) is 17.3 Å². The standard InChI is InChI=1S/C19H18F3N3O3S/c1-11-8-14(9-12(2)17(11)28-3)25-10-16(19(20,21)22)24-18(25)13-4-6-15(7-5-13)29(23,26)27/h4-10H,1-3H3,(H2,23,26,27). The number of imidazole rings is 1. The van der Waals surface area contributed by atoms with Crippen molar-refractivity contribution >= 4 is 10.0 Å². The molecule has 0 bridgehead atoms. The van der Waals surface area contributed by atoms with Crippen LogP contribution in [0.15, 0.2) is 47.5 Å². The Kier molecular flexibility index (Phi) is 5.18. The molecule has 0 unspecified atom stereocenters. The summed E-state index contributed by atoms with van der Waals surface area (Å²) in [6, 6.07) is 8.55. The number of methoxy groups -OCH3 is 1. The number of halogens is 3. The smallest absolute Gasteiger partial charge is 0.434 e. The zero-order valence-corrected chi connectivity index (χ0v) is 16.6. The highest BCUT2D eigenvalue weighted by atomic mass is 32.2. The van der Waals surface area contributed by atoms with Gasteiger partial charge in [0.1, 0.15) is 11.6 Å². The molecule has 2 N–H and O–H groups in total. The summed E-state index contributed by atoms with van der Waals surface area (Å²) in [4.78, 5) is 3.60. The third-order valence-corrected chi connectivity index (χ3v) is 5.29. The Hall–Kier alpha value is -2.85. The Labute approximate surface area is 165 Å². The lowest BCUT2D eigenvalue weighted by Crippen LogP contribution is -2.11. The molecule has 0 aliphatic heterocycles. The quantitative estimate of drug-likeness (QED) is 0.688. The number of hydrogen-bond donors (Lipinski definition) is 1. The van der Waals surface area contributed by atoms with Gasteiger partial charge in [-0.15, -0.1) is 0 Å². The molecule has 0 aliphatic carbocycles. The molecule has 0 spiro atoms. The van der Waals surface area contributed by atoms with Crippen molar-refractivity contribution in [2.75, 3.05) is 7.11 Å². The third-order valence-electron chi connectivity index (χ3n) is 4.36. The van der Waals surface area contributed by atoms with Crippen LogP contribution in [0.1, 0.15) is 16.8 Å². The number of primary sulfonamides is 1. The largest absolute Gasteiger partial charge is 0.496 e. The Balaban J connectivity index is 2.22. The number of benzene rings is 2. The van der Waals surface area contributed by atoms with E-state index in [9.17, 15) is 21.6 Å². The Morgan fingerprint density at radius 1 is 1.07 bits per heavy atom. The number of nitrogens with two attached hydrogens (primary N) is 1. The summed E-state index contributed by atoms with van der Waals surface area (Å²) in [5.41, 5.74) is 1.21. The molecular weight excluding hydrogens is 407 g/mol. The first kappa shape index (κ1) is 20.9. The molecule has 1 aromatic heterocycles. The van der Waals surface area contributed by atoms with Gasteiger partial charge in [0.25, 0.3) is 0 Å². The first-order valence-corrected chi connectivity index (χ1v) is 9.92. The van der Waals surface area contributed by atoms with Gasteiger partial charge in [-0.1, -0.05) is 0 Å². The van der Waals surface area contributed by atoms with Crippen molar-refractivity contribution in [1.82, 2.24) is 9.55 Å². The second kappa shape index (κ2) is 7.20. The van der Waals surface area contributed by atoms with Crippen molar-refractivity contribution in [3.05, 3.63) is 59.4 Å². The molecular formula is C19H18F3N3O3S. The predicted molar refractivity (Wildman–Crippen MR) is 101 cm³/mol. The monoisotopic (exact) mass is 425 g/mol. The number of alkyl halides is 3. The molecule has 0 atom stereocenters. The van der Waals surface area contributed by atoms with E-state index in [1.807, 2.05) is 0 Å². The zero-order valence-electron chi connectivity index (χ0n) is 15.8. The third kappa shape index (κ3) is 4.13. The van der Waals surface area contributed by atoms with Crippen molar-refractivity contribution < 1.29 is 26.3 Å². The molecule has 1 heterocycles. The van der Waals surface area contributed by atoms with Crippen LogP contribution in [0.25, 0.3) is 17.1 Å². The van der Waals surface area contributed by atoms with Crippen LogP contribution in [-0.4, -0.2) is 25.1 Å². The van der Waals surface area contributed by atoms with Crippen LogP contribution in [0.3, 0.4) is 0 Å². The number of rotatable bonds is 4. The topological polar surface area (TPSA) is 87.2 Å². The number of sulfonamides is 1. The van der Waals surface area contributed by atoms with Crippen LogP contribution in [-0.2, 0) is 16.2 Å². The van der Waals surface area contributed by atoms with E-state index < -0.39 is 21.9 Å². The molecule has 0 amide bonds. The minimum atomic E-state index is -4.64. The van der Waals surface area contributed by atoms with Crippen LogP contribution >= 0.6 is 0 Å². The maximum Gasteiger partial charge on any atom is 0.434 e. The number of nitrogens with zero attached hydrogens (tertiary/aromatic N) is 2. The molecule has 0 aliphatic rings. The summed E-state index contributed by atoms with van der Waals surface area (Å²) >= 11 is 0. The van der Waals surface area contributed by atoms with Gasteiger partial charge < -0.3 is 4.74 Å². The van der Waals surface area contributed by atoms with Crippen LogP contribution in [0.5, 0.6) is 5.75 Å². The van der Waals surface area contributed by atoms with Crippen LogP contribution in [0.4, 0.5) is 13.2 Å². The average molecular weight is 425 g/mol. The SMILES string of the molecule is COc1c(C)cc(-n2cc(C(F)(F)F)nc2-c2ccc(S(N)(=O)=O)cc2)cc1C. The summed E-state index contributed by atoms with van der Waals surface area (Å²) in [5.74, 6) is 0.659. The van der Waals surface area contributed by atoms with Crippen LogP contribution in [0, 0.1) is 13.8 Å². The number of hydrogen-bond acceptors (Lipinski definition) is 4. The molecule has 6 nitrogen and oxygen atoms in total. The van der Waals surface area contributed by atoms with Crippen molar-refractivity contribution in [1.29, 1.82) is 0 Å². The van der Waals surface area contributed by atoms with Crippen LogP contribution in [0.2, 0.25) is 0 Å². The minimum Gasteiger partial charge on any atom is -0.496 e. The molecule has 154 valence electrons. The Morgan fingerprint density at radius 2 is 1.62 bits per heavy atom. The van der Waals surface area contributed by atoms with Gasteiger partial charge in [0.2, 0.25) is 10.0 Å². The van der Waals surface area contributed by atoms with E-state index in [1.54, 1.807) is 26.0 Å². The summed E-state index contributed by atoms with van der Waals surface area (Å²) in [7, 11) is -2.40. The second-order valence-corrected chi connectivity index (χ2v) is 8.06. The van der Waals surface area contributed by atoms with Gasteiger partial charge in [-0.05, 0) is 61.4 Å². The van der Waals surface area contributed by atoms with Crippen molar-refractivity contribution in [3.63, 3.8) is 0 Å². The van der Waals surface area contributed by atoms with E-state index in [-0.39, 0.29) is 10.7 Å². The lowest BCUT2D eigenvalue weighted by Gasteiger charge is -2.14. The molecule has 0 radical (unpaired) electrons. The molecule has 3 aromatic rings. The maximum absolute atomic E-state index is 13.3. The molecule has 2 aromatic carbocycles. The zero-order chi connectivity index (χ0) is 21.6. The molecule has 10 heteroatoms. The molecule has 29 heavy (non-hydrogen) atoms. The van der Waals surface area contributed by atoms with E-state index in [4.69, 9.17) is 9.88 Å². The normalized spacial score (nSPS) is 12.2. The Morgan fingerprint density at radius 3 is 2.07 bits per heavy atom. The van der Waals surface area contributed by atoms with Crippen molar-refractivity contribution in [2.45, 2.75) is 24.9 Å². The van der Waals surface area contributed by atoms with Gasteiger partial charge in [-0.3, -0.25) is 4.57 Å². The molecule has 0 saturated carbocycles. The maximum atomic E-state index is 13.3. The summed E-state index contributed by atoms with van der Waals surface area (Å²) in [6.07, 6.45) is -3.74. The lowest BCUT2D eigenvalue weighted by atomic mass is 10.1. The molecule has 0 fully saturated rings. The number of ether oxygens (including phenoxy) is 1. The van der Waals surface area contributed by atoms with Gasteiger partial charge in [0.15, 0.2) is 5.69 Å². The van der Waals surface area contributed by atoms with Crippen molar-refractivity contribution in [3.8, 4) is 22.8 Å². The predicted octanol–water partition coefficient (Wildman–Crippen LogP) is 3.83. The average Bonchev–Trinajstić information content (AvgIpc) is 3.06. The van der Waals surface area contributed by atoms with Crippen molar-refractivity contribution in [2.24, 2.45) is 5.14 Å². The number of aryl methyl sites for hydroxylation is 2. The molecule has 0 saturated heterocycles. The highest BCUT2D eigenvalue weighted by Gasteiger charge is 2.35. The molecule has 3 rings (SSSR count). The van der Waals surface area contributed by atoms with E-state index in [0.29, 0.717) is 17.0 Å². The summed E-state index contributed by atoms with van der Waals surface area (Å²) in [5, 5.41) is 5.08. The van der Waals surface area contributed by atoms with E-state index in [1.165, 1.54) is 35.9 Å². The lowest BCUT2D eigenvalue weighted by molar-refractivity contribution is -0.140. The second-order valence-electron chi connectivity index (χ2n) is 6.50. The van der Waals surface area contributed by atoms with Gasteiger partial charge in [-0.25, -0.2) is 18.5 Å². The highest BCUT2D eigenvalue weighted by Crippen LogP contribution is 2.34.